The molecule has 4 N–H and O–H groups in total. The van der Waals surface area contributed by atoms with E-state index < -0.39 is 11.5 Å². The molecule has 0 saturated heterocycles. The molecule has 4 heteroatoms. The molecule has 15 heavy (non-hydrogen) atoms. The molecule has 0 spiro atoms. The van der Waals surface area contributed by atoms with Crippen LogP contribution in [0.2, 0.25) is 0 Å². The lowest BCUT2D eigenvalue weighted by molar-refractivity contribution is -0.150. The van der Waals surface area contributed by atoms with Crippen molar-refractivity contribution in [2.45, 2.75) is 19.1 Å². The first kappa shape index (κ1) is 11.7. The zero-order valence-electron chi connectivity index (χ0n) is 8.77. The van der Waals surface area contributed by atoms with Crippen LogP contribution in [0.5, 0.6) is 0 Å². The Morgan fingerprint density at radius 2 is 2.00 bits per heavy atom. The van der Waals surface area contributed by atoms with Gasteiger partial charge >= 0.3 is 5.97 Å². The monoisotopic (exact) mass is 208 g/mol. The molecule has 1 aromatic rings. The van der Waals surface area contributed by atoms with Gasteiger partial charge in [0.15, 0.2) is 0 Å². The maximum absolute atomic E-state index is 11.4. The molecule has 82 valence electrons. The lowest BCUT2D eigenvalue weighted by Crippen LogP contribution is -2.52. The molecule has 1 atom stereocenters. The van der Waals surface area contributed by atoms with Crippen LogP contribution >= 0.6 is 0 Å². The minimum atomic E-state index is -1.10. The summed E-state index contributed by atoms with van der Waals surface area (Å²) in [4.78, 5) is 11.4. The first-order valence-electron chi connectivity index (χ1n) is 4.76. The summed E-state index contributed by atoms with van der Waals surface area (Å²) in [6, 6.07) is 9.42. The van der Waals surface area contributed by atoms with E-state index in [-0.39, 0.29) is 13.2 Å². The van der Waals surface area contributed by atoms with Crippen molar-refractivity contribution in [3.63, 3.8) is 0 Å². The van der Waals surface area contributed by atoms with Crippen LogP contribution in [0.3, 0.4) is 0 Å². The van der Waals surface area contributed by atoms with Gasteiger partial charge in [-0.2, -0.15) is 0 Å². The van der Waals surface area contributed by atoms with Crippen molar-refractivity contribution < 1.29 is 9.53 Å². The normalized spacial score (nSPS) is 14.3. The third kappa shape index (κ3) is 3.34. The highest BCUT2D eigenvalue weighted by molar-refractivity contribution is 5.80. The second-order valence-electron chi connectivity index (χ2n) is 3.68. The summed E-state index contributed by atoms with van der Waals surface area (Å²) >= 11 is 0. The van der Waals surface area contributed by atoms with Crippen molar-refractivity contribution >= 4 is 5.97 Å². The van der Waals surface area contributed by atoms with Crippen LogP contribution in [-0.4, -0.2) is 18.1 Å². The topological polar surface area (TPSA) is 78.3 Å². The lowest BCUT2D eigenvalue weighted by atomic mass is 10.1. The molecule has 1 aromatic carbocycles. The molecule has 0 heterocycles. The van der Waals surface area contributed by atoms with Gasteiger partial charge in [-0.25, -0.2) is 0 Å². The molecule has 0 aliphatic carbocycles. The van der Waals surface area contributed by atoms with Crippen LogP contribution in [-0.2, 0) is 16.1 Å². The maximum atomic E-state index is 11.4. The van der Waals surface area contributed by atoms with Crippen molar-refractivity contribution in [1.82, 2.24) is 0 Å². The summed E-state index contributed by atoms with van der Waals surface area (Å²) in [6.45, 7) is 1.85. The molecule has 4 nitrogen and oxygen atoms in total. The number of hydrogen-bond donors (Lipinski definition) is 2. The van der Waals surface area contributed by atoms with Gasteiger partial charge in [0.2, 0.25) is 0 Å². The molecule has 0 bridgehead atoms. The molecule has 0 aromatic heterocycles. The molecule has 0 saturated carbocycles. The van der Waals surface area contributed by atoms with Gasteiger partial charge < -0.3 is 16.2 Å². The number of rotatable bonds is 4. The molecule has 0 aliphatic rings. The van der Waals surface area contributed by atoms with E-state index in [1.807, 2.05) is 30.3 Å². The minimum absolute atomic E-state index is 0.0701. The summed E-state index contributed by atoms with van der Waals surface area (Å²) in [5, 5.41) is 0. The molecular formula is C11H16N2O2. The van der Waals surface area contributed by atoms with E-state index in [1.54, 1.807) is 6.92 Å². The average Bonchev–Trinajstić information content (AvgIpc) is 2.27. The predicted molar refractivity (Wildman–Crippen MR) is 57.9 cm³/mol. The van der Waals surface area contributed by atoms with E-state index in [4.69, 9.17) is 16.2 Å². The Labute approximate surface area is 89.2 Å². The predicted octanol–water partition coefficient (Wildman–Crippen LogP) is 0.406. The fourth-order valence-electron chi connectivity index (χ4n) is 0.971. The second kappa shape index (κ2) is 4.91. The summed E-state index contributed by atoms with van der Waals surface area (Å²) in [6.07, 6.45) is 0. The van der Waals surface area contributed by atoms with Gasteiger partial charge in [-0.3, -0.25) is 4.79 Å². The van der Waals surface area contributed by atoms with Crippen molar-refractivity contribution in [1.29, 1.82) is 0 Å². The number of benzene rings is 1. The van der Waals surface area contributed by atoms with Crippen molar-refractivity contribution in [2.24, 2.45) is 11.5 Å². The molecule has 0 aliphatic heterocycles. The van der Waals surface area contributed by atoms with E-state index >= 15 is 0 Å². The van der Waals surface area contributed by atoms with Gasteiger partial charge in [0.05, 0.1) is 0 Å². The first-order valence-corrected chi connectivity index (χ1v) is 4.76. The van der Waals surface area contributed by atoms with E-state index in [0.717, 1.165) is 5.56 Å². The standard InChI is InChI=1S/C11H16N2O2/c1-11(13,8-12)10(14)15-7-9-5-3-2-4-6-9/h2-6H,7-8,12-13H2,1H3/t11-/m1/s1. The zero-order valence-corrected chi connectivity index (χ0v) is 8.77. The van der Waals surface area contributed by atoms with Gasteiger partial charge in [0.25, 0.3) is 0 Å². The van der Waals surface area contributed by atoms with Crippen LogP contribution in [0.25, 0.3) is 0 Å². The summed E-state index contributed by atoms with van der Waals surface area (Å²) < 4.78 is 5.04. The third-order valence-electron chi connectivity index (χ3n) is 2.10. The highest BCUT2D eigenvalue weighted by Crippen LogP contribution is 2.05. The average molecular weight is 208 g/mol. The van der Waals surface area contributed by atoms with E-state index in [1.165, 1.54) is 0 Å². The molecule has 0 fully saturated rings. The van der Waals surface area contributed by atoms with Crippen molar-refractivity contribution in [2.75, 3.05) is 6.54 Å². The van der Waals surface area contributed by atoms with Crippen molar-refractivity contribution in [3.05, 3.63) is 35.9 Å². The minimum Gasteiger partial charge on any atom is -0.459 e. The summed E-state index contributed by atoms with van der Waals surface area (Å²) in [5.74, 6) is -0.478. The summed E-state index contributed by atoms with van der Waals surface area (Å²) in [7, 11) is 0. The molecule has 1 rings (SSSR count). The second-order valence-corrected chi connectivity index (χ2v) is 3.68. The van der Waals surface area contributed by atoms with E-state index in [2.05, 4.69) is 0 Å². The van der Waals surface area contributed by atoms with Gasteiger partial charge in [0, 0.05) is 6.54 Å². The molecule has 0 radical (unpaired) electrons. The maximum Gasteiger partial charge on any atom is 0.327 e. The zero-order chi connectivity index (χ0) is 11.3. The Kier molecular flexibility index (Phi) is 3.82. The van der Waals surface area contributed by atoms with E-state index in [0.29, 0.717) is 0 Å². The fourth-order valence-corrected chi connectivity index (χ4v) is 0.971. The Balaban J connectivity index is 2.48. The van der Waals surface area contributed by atoms with Crippen LogP contribution in [0.1, 0.15) is 12.5 Å². The number of ether oxygens (including phenoxy) is 1. The Morgan fingerprint density at radius 1 is 1.40 bits per heavy atom. The largest absolute Gasteiger partial charge is 0.459 e. The lowest BCUT2D eigenvalue weighted by Gasteiger charge is -2.20. The van der Waals surface area contributed by atoms with Crippen LogP contribution in [0.15, 0.2) is 30.3 Å². The number of carbonyl (C=O) groups is 1. The molecular weight excluding hydrogens is 192 g/mol. The highest BCUT2D eigenvalue weighted by Gasteiger charge is 2.28. The number of hydrogen-bond acceptors (Lipinski definition) is 4. The quantitative estimate of drug-likeness (QED) is 0.702. The number of carbonyl (C=O) groups excluding carboxylic acids is 1. The van der Waals surface area contributed by atoms with Crippen molar-refractivity contribution in [3.8, 4) is 0 Å². The Morgan fingerprint density at radius 3 is 2.53 bits per heavy atom. The Bertz CT molecular complexity index is 323. The van der Waals surface area contributed by atoms with Crippen LogP contribution in [0.4, 0.5) is 0 Å². The first-order chi connectivity index (χ1) is 7.06. The van der Waals surface area contributed by atoms with Gasteiger partial charge in [-0.05, 0) is 12.5 Å². The van der Waals surface area contributed by atoms with Gasteiger partial charge in [-0.15, -0.1) is 0 Å². The number of esters is 1. The van der Waals surface area contributed by atoms with E-state index in [9.17, 15) is 4.79 Å². The highest BCUT2D eigenvalue weighted by atomic mass is 16.5. The van der Waals surface area contributed by atoms with Gasteiger partial charge in [-0.1, -0.05) is 30.3 Å². The smallest absolute Gasteiger partial charge is 0.327 e. The SMILES string of the molecule is C[C@@](N)(CN)C(=O)OCc1ccccc1. The van der Waals surface area contributed by atoms with Crippen LogP contribution < -0.4 is 11.5 Å². The third-order valence-corrected chi connectivity index (χ3v) is 2.10. The van der Waals surface area contributed by atoms with Gasteiger partial charge in [0.1, 0.15) is 12.1 Å². The summed E-state index contributed by atoms with van der Waals surface area (Å²) in [5.41, 5.74) is 10.8. The molecule has 0 unspecified atom stereocenters. The fraction of sp³-hybridized carbons (Fsp3) is 0.364. The Hall–Kier alpha value is -1.39. The number of nitrogens with two attached hydrogens (primary N) is 2. The molecule has 0 amide bonds. The van der Waals surface area contributed by atoms with Crippen LogP contribution in [0, 0.1) is 0 Å².